The number of rotatable bonds is 9. The van der Waals surface area contributed by atoms with Crippen molar-refractivity contribution in [3.05, 3.63) is 242 Å². The highest BCUT2D eigenvalue weighted by Gasteiger charge is 2.17. The highest BCUT2D eigenvalue weighted by Crippen LogP contribution is 2.42. The highest BCUT2D eigenvalue weighted by atomic mass is 14.7. The Kier molecular flexibility index (Phi) is 10.7. The summed E-state index contributed by atoms with van der Waals surface area (Å²) >= 11 is 0. The Morgan fingerprint density at radius 3 is 1.11 bits per heavy atom. The van der Waals surface area contributed by atoms with E-state index >= 15 is 0 Å². The van der Waals surface area contributed by atoms with Crippen LogP contribution in [0.1, 0.15) is 5.56 Å². The van der Waals surface area contributed by atoms with Gasteiger partial charge in [-0.05, 0) is 110 Å². The number of benzene rings is 7. The van der Waals surface area contributed by atoms with E-state index in [9.17, 15) is 5.26 Å². The summed E-state index contributed by atoms with van der Waals surface area (Å²) in [5.74, 6) is 0. The molecule has 64 heavy (non-hydrogen) atoms. The molecule has 3 heterocycles. The second-order valence-electron chi connectivity index (χ2n) is 15.5. The molecular formula is C59H37N5. The molecule has 7 aromatic carbocycles. The third kappa shape index (κ3) is 7.97. The molecule has 5 heteroatoms. The quantitative estimate of drug-likeness (QED) is 0.136. The fourth-order valence-electron chi connectivity index (χ4n) is 8.32. The average Bonchev–Trinajstić information content (AvgIpc) is 3.39. The van der Waals surface area contributed by atoms with Gasteiger partial charge in [0.2, 0.25) is 0 Å². The van der Waals surface area contributed by atoms with Gasteiger partial charge in [0.15, 0.2) is 5.69 Å². The van der Waals surface area contributed by atoms with Crippen molar-refractivity contribution in [2.45, 2.75) is 0 Å². The van der Waals surface area contributed by atoms with E-state index in [4.69, 9.17) is 21.5 Å². The molecule has 0 atom stereocenters. The molecule has 298 valence electrons. The van der Waals surface area contributed by atoms with Crippen molar-refractivity contribution < 1.29 is 0 Å². The molecule has 0 aliphatic heterocycles. The van der Waals surface area contributed by atoms with E-state index in [2.05, 4.69) is 138 Å². The van der Waals surface area contributed by atoms with Crippen LogP contribution in [0.5, 0.6) is 0 Å². The summed E-state index contributed by atoms with van der Waals surface area (Å²) in [7, 11) is 0. The van der Waals surface area contributed by atoms with Gasteiger partial charge in [-0.2, -0.15) is 5.26 Å². The fourth-order valence-corrected chi connectivity index (χ4v) is 8.32. The Morgan fingerprint density at radius 2 is 0.703 bits per heavy atom. The van der Waals surface area contributed by atoms with Gasteiger partial charge in [-0.1, -0.05) is 152 Å². The molecule has 3 aromatic heterocycles. The minimum absolute atomic E-state index is 0.587. The molecule has 0 bridgehead atoms. The molecule has 10 aromatic rings. The highest BCUT2D eigenvalue weighted by molar-refractivity contribution is 5.94. The molecule has 0 unspecified atom stereocenters. The van der Waals surface area contributed by atoms with Crippen LogP contribution in [0.25, 0.3) is 105 Å². The summed E-state index contributed by atoms with van der Waals surface area (Å²) < 4.78 is 0. The number of nitriles is 1. The van der Waals surface area contributed by atoms with Gasteiger partial charge in [0.05, 0.1) is 35.3 Å². The van der Waals surface area contributed by atoms with Crippen molar-refractivity contribution in [2.24, 2.45) is 0 Å². The second-order valence-corrected chi connectivity index (χ2v) is 15.5. The minimum atomic E-state index is 0.587. The first-order chi connectivity index (χ1) is 31.6. The number of hydrogen-bond acceptors (Lipinski definition) is 4. The summed E-state index contributed by atoms with van der Waals surface area (Å²) in [5, 5.41) is 9.50. The van der Waals surface area contributed by atoms with Crippen molar-refractivity contribution >= 4 is 5.69 Å². The van der Waals surface area contributed by atoms with Gasteiger partial charge in [0, 0.05) is 46.4 Å². The van der Waals surface area contributed by atoms with Crippen LogP contribution in [0.15, 0.2) is 225 Å². The van der Waals surface area contributed by atoms with Crippen LogP contribution in [0.3, 0.4) is 0 Å². The van der Waals surface area contributed by atoms with Crippen molar-refractivity contribution in [1.82, 2.24) is 15.0 Å². The van der Waals surface area contributed by atoms with Crippen LogP contribution >= 0.6 is 0 Å². The van der Waals surface area contributed by atoms with E-state index in [1.807, 2.05) is 91.4 Å². The lowest BCUT2D eigenvalue weighted by molar-refractivity contribution is 1.32. The second kappa shape index (κ2) is 17.5. The molecule has 0 aliphatic carbocycles. The Bertz CT molecular complexity index is 3220. The molecular weight excluding hydrogens is 779 g/mol. The van der Waals surface area contributed by atoms with Gasteiger partial charge < -0.3 is 0 Å². The average molecular weight is 816 g/mol. The lowest BCUT2D eigenvalue weighted by Gasteiger charge is -2.18. The first-order valence-electron chi connectivity index (χ1n) is 21.0. The Labute approximate surface area is 372 Å². The third-order valence-corrected chi connectivity index (χ3v) is 11.5. The number of hydrogen-bond donors (Lipinski definition) is 0. The predicted molar refractivity (Wildman–Crippen MR) is 260 cm³/mol. The van der Waals surface area contributed by atoms with E-state index < -0.39 is 0 Å². The molecule has 0 aliphatic rings. The molecule has 0 spiro atoms. The van der Waals surface area contributed by atoms with Crippen LogP contribution in [0.4, 0.5) is 5.69 Å². The fraction of sp³-hybridized carbons (Fsp3) is 0. The molecule has 0 saturated carbocycles. The Morgan fingerprint density at radius 1 is 0.328 bits per heavy atom. The molecule has 5 nitrogen and oxygen atoms in total. The van der Waals surface area contributed by atoms with Gasteiger partial charge >= 0.3 is 0 Å². The van der Waals surface area contributed by atoms with Crippen molar-refractivity contribution in [3.8, 4) is 107 Å². The first-order valence-corrected chi connectivity index (χ1v) is 21.0. The zero-order valence-corrected chi connectivity index (χ0v) is 34.6. The molecule has 0 N–H and O–H groups in total. The summed E-state index contributed by atoms with van der Waals surface area (Å²) in [6.07, 6.45) is 5.81. The smallest absolute Gasteiger partial charge is 0.187 e. The van der Waals surface area contributed by atoms with Crippen molar-refractivity contribution in [2.75, 3.05) is 0 Å². The zero-order valence-electron chi connectivity index (χ0n) is 34.6. The summed E-state index contributed by atoms with van der Waals surface area (Å²) in [6.45, 7) is 7.48. The number of nitrogens with zero attached hydrogens (tertiary/aromatic N) is 5. The SMILES string of the molecule is [C-]#[N+]c1cccc(-c2ccc(-c3ccccc3-c3cc(-c4ccccc4-c4ccc(-c5ccccc5)nc4)cc(-c4ccccc4-c4ccc(-c5cccc(C#N)c5)nc4)c3)cn2)c1. The topological polar surface area (TPSA) is 66.8 Å². The summed E-state index contributed by atoms with van der Waals surface area (Å²) in [6, 6.07) is 72.5. The van der Waals surface area contributed by atoms with Crippen molar-refractivity contribution in [3.63, 3.8) is 0 Å². The van der Waals surface area contributed by atoms with E-state index in [-0.39, 0.29) is 0 Å². The molecule has 0 saturated heterocycles. The number of aromatic nitrogens is 3. The minimum Gasteiger partial charge on any atom is -0.256 e. The largest absolute Gasteiger partial charge is 0.256 e. The van der Waals surface area contributed by atoms with Crippen LogP contribution in [0.2, 0.25) is 0 Å². The maximum atomic E-state index is 9.50. The van der Waals surface area contributed by atoms with Crippen LogP contribution in [-0.2, 0) is 0 Å². The summed E-state index contributed by atoms with van der Waals surface area (Å²) in [4.78, 5) is 18.3. The Balaban J connectivity index is 1.11. The van der Waals surface area contributed by atoms with E-state index in [0.29, 0.717) is 11.3 Å². The van der Waals surface area contributed by atoms with E-state index in [0.717, 1.165) is 101 Å². The third-order valence-electron chi connectivity index (χ3n) is 11.5. The van der Waals surface area contributed by atoms with Crippen LogP contribution in [-0.4, -0.2) is 15.0 Å². The van der Waals surface area contributed by atoms with Gasteiger partial charge in [-0.3, -0.25) is 15.0 Å². The normalized spacial score (nSPS) is 10.8. The maximum absolute atomic E-state index is 9.50. The van der Waals surface area contributed by atoms with Crippen LogP contribution in [0, 0.1) is 17.9 Å². The maximum Gasteiger partial charge on any atom is 0.187 e. The lowest BCUT2D eigenvalue weighted by atomic mass is 9.86. The monoisotopic (exact) mass is 815 g/mol. The first kappa shape index (κ1) is 39.1. The molecule has 10 rings (SSSR count). The van der Waals surface area contributed by atoms with Gasteiger partial charge in [0.1, 0.15) is 0 Å². The predicted octanol–water partition coefficient (Wildman–Crippen LogP) is 15.3. The lowest BCUT2D eigenvalue weighted by Crippen LogP contribution is -1.93. The van der Waals surface area contributed by atoms with E-state index in [1.54, 1.807) is 6.07 Å². The van der Waals surface area contributed by atoms with Gasteiger partial charge in [0.25, 0.3) is 0 Å². The molecule has 0 amide bonds. The standard InChI is InChI=1S/C59H37N5/c1-61-50-18-12-17-43(35-50)59-30-27-46(39-64-59)53-21-7-10-24-56(53)49-33-47(54-22-8-5-19-51(54)44-25-28-57(62-37-44)41-14-3-2-4-15-41)32-48(34-49)55-23-9-6-20-52(55)45-26-29-58(63-38-45)42-16-11-13-40(31-42)36-60/h2-35,37-39H. The Hall–Kier alpha value is -9.03. The molecule has 0 fully saturated rings. The van der Waals surface area contributed by atoms with Gasteiger partial charge in [-0.25, -0.2) is 4.85 Å². The molecule has 0 radical (unpaired) electrons. The van der Waals surface area contributed by atoms with E-state index in [1.165, 1.54) is 0 Å². The van der Waals surface area contributed by atoms with Crippen LogP contribution < -0.4 is 0 Å². The summed E-state index contributed by atoms with van der Waals surface area (Å²) in [5.41, 5.74) is 19.3. The van der Waals surface area contributed by atoms with Gasteiger partial charge in [-0.15, -0.1) is 0 Å². The zero-order chi connectivity index (χ0) is 43.2. The van der Waals surface area contributed by atoms with Crippen molar-refractivity contribution in [1.29, 1.82) is 5.26 Å². The number of pyridine rings is 3.